The maximum atomic E-state index is 12.5. The van der Waals surface area contributed by atoms with Crippen LogP contribution in [0.5, 0.6) is 0 Å². The summed E-state index contributed by atoms with van der Waals surface area (Å²) in [5.41, 5.74) is 2.80. The third-order valence-electron chi connectivity index (χ3n) is 4.44. The molecule has 0 spiro atoms. The molecule has 2 aromatic rings. The number of carbonyl (C=O) groups is 3. The lowest BCUT2D eigenvalue weighted by atomic mass is 10.1. The highest BCUT2D eigenvalue weighted by atomic mass is 16.2. The smallest absolute Gasteiger partial charge is 0.268 e. The molecule has 1 heterocycles. The number of hydrogen-bond acceptors (Lipinski definition) is 3. The summed E-state index contributed by atoms with van der Waals surface area (Å²) >= 11 is 0. The van der Waals surface area contributed by atoms with E-state index in [2.05, 4.69) is 10.6 Å². The summed E-state index contributed by atoms with van der Waals surface area (Å²) in [6, 6.07) is 16.9. The van der Waals surface area contributed by atoms with Gasteiger partial charge in [0.2, 0.25) is 11.8 Å². The Balaban J connectivity index is 1.64. The monoisotopic (exact) mass is 377 g/mol. The zero-order valence-electron chi connectivity index (χ0n) is 15.8. The zero-order chi connectivity index (χ0) is 19.9. The predicted octanol–water partition coefficient (Wildman–Crippen LogP) is 2.61. The van der Waals surface area contributed by atoms with Crippen molar-refractivity contribution in [2.75, 3.05) is 11.4 Å². The van der Waals surface area contributed by atoms with Crippen LogP contribution < -0.4 is 15.5 Å². The van der Waals surface area contributed by atoms with Gasteiger partial charge in [0.1, 0.15) is 5.70 Å². The molecule has 1 aliphatic rings. The van der Waals surface area contributed by atoms with E-state index in [0.29, 0.717) is 13.0 Å². The van der Waals surface area contributed by atoms with E-state index in [-0.39, 0.29) is 23.4 Å². The largest absolute Gasteiger partial charge is 0.347 e. The van der Waals surface area contributed by atoms with Crippen LogP contribution in [0.3, 0.4) is 0 Å². The van der Waals surface area contributed by atoms with Crippen LogP contribution in [0, 0.1) is 0 Å². The first-order valence-electron chi connectivity index (χ1n) is 9.25. The fourth-order valence-corrected chi connectivity index (χ4v) is 3.06. The molecule has 0 radical (unpaired) electrons. The van der Waals surface area contributed by atoms with Gasteiger partial charge in [0.15, 0.2) is 0 Å². The molecule has 0 unspecified atom stereocenters. The molecule has 6 nitrogen and oxygen atoms in total. The normalized spacial score (nSPS) is 14.1. The number of nitrogens with zero attached hydrogens (tertiary/aromatic N) is 1. The first-order chi connectivity index (χ1) is 13.5. The maximum Gasteiger partial charge on any atom is 0.268 e. The van der Waals surface area contributed by atoms with Crippen molar-refractivity contribution < 1.29 is 14.4 Å². The Morgan fingerprint density at radius 1 is 1.07 bits per heavy atom. The van der Waals surface area contributed by atoms with Crippen LogP contribution in [0.15, 0.2) is 60.3 Å². The molecule has 2 aromatic carbocycles. The summed E-state index contributed by atoms with van der Waals surface area (Å²) in [6.45, 7) is 2.43. The topological polar surface area (TPSA) is 78.5 Å². The van der Waals surface area contributed by atoms with Gasteiger partial charge in [0.05, 0.1) is 0 Å². The highest BCUT2D eigenvalue weighted by Gasteiger charge is 2.21. The van der Waals surface area contributed by atoms with Crippen molar-refractivity contribution in [2.24, 2.45) is 0 Å². The molecule has 1 aliphatic heterocycles. The van der Waals surface area contributed by atoms with Gasteiger partial charge in [0, 0.05) is 32.1 Å². The summed E-state index contributed by atoms with van der Waals surface area (Å²) in [5, 5.41) is 5.40. The van der Waals surface area contributed by atoms with Crippen molar-refractivity contribution in [2.45, 2.75) is 26.3 Å². The highest BCUT2D eigenvalue weighted by molar-refractivity contribution is 6.00. The van der Waals surface area contributed by atoms with Crippen LogP contribution in [-0.2, 0) is 20.9 Å². The van der Waals surface area contributed by atoms with Crippen molar-refractivity contribution in [3.63, 3.8) is 0 Å². The Morgan fingerprint density at radius 3 is 2.39 bits per heavy atom. The minimum Gasteiger partial charge on any atom is -0.347 e. The van der Waals surface area contributed by atoms with Crippen LogP contribution >= 0.6 is 0 Å². The number of anilines is 1. The third-order valence-corrected chi connectivity index (χ3v) is 4.44. The standard InChI is InChI=1S/C22H23N3O3/c1-16(26)24-20(14-17-6-3-2-4-7-17)22(28)23-15-18-9-11-19(12-10-18)25-13-5-8-21(25)27/h2-4,6-7,9-12,14H,5,8,13,15H2,1H3,(H,23,28)(H,24,26)/b20-14-. The average Bonchev–Trinajstić information content (AvgIpc) is 3.12. The molecule has 0 aromatic heterocycles. The fourth-order valence-electron chi connectivity index (χ4n) is 3.06. The summed E-state index contributed by atoms with van der Waals surface area (Å²) in [6.07, 6.45) is 3.12. The van der Waals surface area contributed by atoms with Crippen LogP contribution in [0.4, 0.5) is 5.69 Å². The summed E-state index contributed by atoms with van der Waals surface area (Å²) in [5.74, 6) is -0.526. The van der Waals surface area contributed by atoms with Crippen LogP contribution in [0.25, 0.3) is 6.08 Å². The average molecular weight is 377 g/mol. The van der Waals surface area contributed by atoms with Crippen molar-refractivity contribution in [1.82, 2.24) is 10.6 Å². The Kier molecular flexibility index (Phi) is 6.22. The Morgan fingerprint density at radius 2 is 1.79 bits per heavy atom. The summed E-state index contributed by atoms with van der Waals surface area (Å²) in [4.78, 5) is 37.6. The molecule has 0 bridgehead atoms. The van der Waals surface area contributed by atoms with Gasteiger partial charge < -0.3 is 15.5 Å². The van der Waals surface area contributed by atoms with Crippen LogP contribution in [-0.4, -0.2) is 24.3 Å². The SMILES string of the molecule is CC(=O)N/C(=C\c1ccccc1)C(=O)NCc1ccc(N2CCCC2=O)cc1. The highest BCUT2D eigenvalue weighted by Crippen LogP contribution is 2.21. The van der Waals surface area contributed by atoms with E-state index >= 15 is 0 Å². The molecule has 3 rings (SSSR count). The number of hydrogen-bond donors (Lipinski definition) is 2. The molecular weight excluding hydrogens is 354 g/mol. The number of rotatable bonds is 6. The van der Waals surface area contributed by atoms with Gasteiger partial charge in [0.25, 0.3) is 5.91 Å². The molecule has 1 saturated heterocycles. The molecule has 0 atom stereocenters. The predicted molar refractivity (Wildman–Crippen MR) is 108 cm³/mol. The van der Waals surface area contributed by atoms with Crippen molar-refractivity contribution >= 4 is 29.5 Å². The number of benzene rings is 2. The minimum atomic E-state index is -0.363. The number of nitrogens with one attached hydrogen (secondary N) is 2. The van der Waals surface area contributed by atoms with Gasteiger partial charge in [-0.25, -0.2) is 0 Å². The van der Waals surface area contributed by atoms with Gasteiger partial charge in [-0.05, 0) is 35.8 Å². The first-order valence-corrected chi connectivity index (χ1v) is 9.25. The van der Waals surface area contributed by atoms with E-state index in [4.69, 9.17) is 0 Å². The third kappa shape index (κ3) is 5.07. The first kappa shape index (κ1) is 19.4. The summed E-state index contributed by atoms with van der Waals surface area (Å²) < 4.78 is 0. The molecule has 0 saturated carbocycles. The van der Waals surface area contributed by atoms with Gasteiger partial charge >= 0.3 is 0 Å². The second-order valence-corrected chi connectivity index (χ2v) is 6.65. The molecule has 1 fully saturated rings. The Bertz CT molecular complexity index is 889. The second kappa shape index (κ2) is 8.99. The minimum absolute atomic E-state index is 0.145. The molecule has 28 heavy (non-hydrogen) atoms. The Hall–Kier alpha value is -3.41. The van der Waals surface area contributed by atoms with Gasteiger partial charge in [-0.15, -0.1) is 0 Å². The zero-order valence-corrected chi connectivity index (χ0v) is 15.8. The van der Waals surface area contributed by atoms with Crippen molar-refractivity contribution in [3.8, 4) is 0 Å². The van der Waals surface area contributed by atoms with Crippen molar-refractivity contribution in [3.05, 3.63) is 71.4 Å². The van der Waals surface area contributed by atoms with E-state index in [0.717, 1.165) is 29.8 Å². The quantitative estimate of drug-likeness (QED) is 0.760. The lowest BCUT2D eigenvalue weighted by Crippen LogP contribution is -2.33. The fraction of sp³-hybridized carbons (Fsp3) is 0.227. The molecule has 144 valence electrons. The maximum absolute atomic E-state index is 12.5. The van der Waals surface area contributed by atoms with Gasteiger partial charge in [-0.2, -0.15) is 0 Å². The lowest BCUT2D eigenvalue weighted by molar-refractivity contribution is -0.122. The van der Waals surface area contributed by atoms with E-state index < -0.39 is 0 Å². The number of amides is 3. The molecule has 2 N–H and O–H groups in total. The molecule has 6 heteroatoms. The van der Waals surface area contributed by atoms with Crippen molar-refractivity contribution in [1.29, 1.82) is 0 Å². The summed E-state index contributed by atoms with van der Waals surface area (Å²) in [7, 11) is 0. The van der Waals surface area contributed by atoms with E-state index in [1.807, 2.05) is 54.6 Å². The van der Waals surface area contributed by atoms with Gasteiger partial charge in [-0.3, -0.25) is 14.4 Å². The number of carbonyl (C=O) groups excluding carboxylic acids is 3. The molecule has 0 aliphatic carbocycles. The van der Waals surface area contributed by atoms with E-state index in [9.17, 15) is 14.4 Å². The van der Waals surface area contributed by atoms with Crippen LogP contribution in [0.1, 0.15) is 30.9 Å². The van der Waals surface area contributed by atoms with Crippen LogP contribution in [0.2, 0.25) is 0 Å². The Labute approximate surface area is 164 Å². The van der Waals surface area contributed by atoms with E-state index in [1.165, 1.54) is 6.92 Å². The molecular formula is C22H23N3O3. The lowest BCUT2D eigenvalue weighted by Gasteiger charge is -2.16. The molecule has 3 amide bonds. The van der Waals surface area contributed by atoms with E-state index in [1.54, 1.807) is 11.0 Å². The second-order valence-electron chi connectivity index (χ2n) is 6.65. The van der Waals surface area contributed by atoms with Gasteiger partial charge in [-0.1, -0.05) is 42.5 Å².